The van der Waals surface area contributed by atoms with Crippen LogP contribution in [0.5, 0.6) is 5.75 Å². The first kappa shape index (κ1) is 26.9. The number of rotatable bonds is 7. The lowest BCUT2D eigenvalue weighted by Gasteiger charge is -2.28. The minimum absolute atomic E-state index is 0.0870. The molecule has 5 rings (SSSR count). The summed E-state index contributed by atoms with van der Waals surface area (Å²) in [6.45, 7) is 0.276. The number of benzene rings is 2. The summed E-state index contributed by atoms with van der Waals surface area (Å²) in [6.07, 6.45) is 4.41. The van der Waals surface area contributed by atoms with Gasteiger partial charge in [-0.2, -0.15) is 5.10 Å². The van der Waals surface area contributed by atoms with E-state index in [1.54, 1.807) is 35.4 Å². The molecule has 2 aromatic heterocycles. The highest BCUT2D eigenvalue weighted by molar-refractivity contribution is 7.90. The molecule has 0 bridgehead atoms. The largest absolute Gasteiger partial charge is 0.497 e. The van der Waals surface area contributed by atoms with Gasteiger partial charge < -0.3 is 19.9 Å². The van der Waals surface area contributed by atoms with E-state index >= 15 is 0 Å². The lowest BCUT2D eigenvalue weighted by atomic mass is 10.0. The van der Waals surface area contributed by atoms with Gasteiger partial charge in [-0.3, -0.25) is 14.6 Å². The molecule has 0 radical (unpaired) electrons. The van der Waals surface area contributed by atoms with Crippen molar-refractivity contribution in [3.63, 3.8) is 0 Å². The van der Waals surface area contributed by atoms with E-state index in [4.69, 9.17) is 4.74 Å². The number of hydrogen-bond donors (Lipinski definition) is 1. The van der Waals surface area contributed by atoms with Gasteiger partial charge in [0.1, 0.15) is 11.4 Å². The molecule has 0 atom stereocenters. The quantitative estimate of drug-likeness (QED) is 0.365. The number of carbonyl (C=O) groups excluding carboxylic acids is 2. The van der Waals surface area contributed by atoms with Gasteiger partial charge in [-0.05, 0) is 61.0 Å². The minimum atomic E-state index is -3.79. The smallest absolute Gasteiger partial charge is 0.277 e. The zero-order valence-corrected chi connectivity index (χ0v) is 23.3. The van der Waals surface area contributed by atoms with Crippen LogP contribution in [-0.2, 0) is 16.3 Å². The maximum Gasteiger partial charge on any atom is 0.277 e. The van der Waals surface area contributed by atoms with Crippen LogP contribution in [0.4, 0.5) is 17.1 Å². The Balaban J connectivity index is 1.65. The summed E-state index contributed by atoms with van der Waals surface area (Å²) in [5, 5.41) is 6.99. The molecule has 40 heavy (non-hydrogen) atoms. The SMILES string of the molecule is COc1ccc(-n2nc(S(C)(=O)=O)c3c2C(=O)N(c2ccc(N(C)C)cc2)CC3)c(C(=O)Nc2cccnc2)c1. The maximum absolute atomic E-state index is 14.0. The molecule has 1 N–H and O–H groups in total. The average Bonchev–Trinajstić information content (AvgIpc) is 3.35. The van der Waals surface area contributed by atoms with Gasteiger partial charge in [0.25, 0.3) is 11.8 Å². The summed E-state index contributed by atoms with van der Waals surface area (Å²) in [4.78, 5) is 35.0. The first-order valence-electron chi connectivity index (χ1n) is 12.4. The fraction of sp³-hybridized carbons (Fsp3) is 0.214. The number of sulfone groups is 1. The molecular formula is C28H28N6O5S. The second kappa shape index (κ2) is 10.5. The first-order chi connectivity index (χ1) is 19.1. The molecule has 2 aromatic carbocycles. The molecule has 0 unspecified atom stereocenters. The number of aromatic nitrogens is 3. The van der Waals surface area contributed by atoms with Crippen LogP contribution in [0.25, 0.3) is 5.69 Å². The summed E-state index contributed by atoms with van der Waals surface area (Å²) >= 11 is 0. The average molecular weight is 561 g/mol. The summed E-state index contributed by atoms with van der Waals surface area (Å²) < 4.78 is 32.1. The van der Waals surface area contributed by atoms with E-state index < -0.39 is 21.7 Å². The van der Waals surface area contributed by atoms with E-state index in [0.717, 1.165) is 11.9 Å². The molecule has 1 aliphatic rings. The lowest BCUT2D eigenvalue weighted by Crippen LogP contribution is -2.39. The zero-order chi connectivity index (χ0) is 28.6. The zero-order valence-electron chi connectivity index (χ0n) is 22.5. The molecule has 0 spiro atoms. The van der Waals surface area contributed by atoms with E-state index in [0.29, 0.717) is 22.7 Å². The number of methoxy groups -OCH3 is 1. The Labute approximate surface area is 231 Å². The number of carbonyl (C=O) groups is 2. The van der Waals surface area contributed by atoms with Crippen molar-refractivity contribution in [3.8, 4) is 11.4 Å². The fourth-order valence-corrected chi connectivity index (χ4v) is 5.50. The molecule has 11 nitrogen and oxygen atoms in total. The highest BCUT2D eigenvalue weighted by atomic mass is 32.2. The Bertz CT molecular complexity index is 1700. The maximum atomic E-state index is 14.0. The second-order valence-corrected chi connectivity index (χ2v) is 11.4. The summed E-state index contributed by atoms with van der Waals surface area (Å²) in [7, 11) is 1.53. The van der Waals surface area contributed by atoms with Crippen molar-refractivity contribution in [2.75, 3.05) is 49.1 Å². The standard InChI is InChI=1S/C28H28N6O5S/c1-32(2)19-7-9-20(10-8-19)33-15-13-22-25(28(33)36)34(31-27(22)40(4,37)38)24-12-11-21(39-3)16-23(24)26(35)30-18-6-5-14-29-17-18/h5-12,14,16-17H,13,15H2,1-4H3,(H,30,35). The number of fused-ring (bicyclic) bond motifs is 1. The molecule has 2 amide bonds. The van der Waals surface area contributed by atoms with Crippen LogP contribution < -0.4 is 19.9 Å². The van der Waals surface area contributed by atoms with Gasteiger partial charge in [0.05, 0.1) is 30.2 Å². The third-order valence-corrected chi connectivity index (χ3v) is 7.64. The third-order valence-electron chi connectivity index (χ3n) is 6.60. The normalized spacial score (nSPS) is 13.1. The summed E-state index contributed by atoms with van der Waals surface area (Å²) in [5.74, 6) is -0.527. The number of ether oxygens (including phenoxy) is 1. The van der Waals surface area contributed by atoms with Crippen LogP contribution in [0.1, 0.15) is 26.4 Å². The topological polar surface area (TPSA) is 127 Å². The van der Waals surface area contributed by atoms with E-state index in [9.17, 15) is 18.0 Å². The van der Waals surface area contributed by atoms with Gasteiger partial charge in [-0.25, -0.2) is 13.1 Å². The molecule has 3 heterocycles. The first-order valence-corrected chi connectivity index (χ1v) is 14.3. The Hall–Kier alpha value is -4.71. The second-order valence-electron chi connectivity index (χ2n) is 9.51. The molecular weight excluding hydrogens is 532 g/mol. The number of nitrogens with zero attached hydrogens (tertiary/aromatic N) is 5. The van der Waals surface area contributed by atoms with Gasteiger partial charge in [0.2, 0.25) is 0 Å². The number of anilines is 3. The highest BCUT2D eigenvalue weighted by Crippen LogP contribution is 2.33. The van der Waals surface area contributed by atoms with Gasteiger partial charge >= 0.3 is 0 Å². The van der Waals surface area contributed by atoms with Crippen LogP contribution in [0.3, 0.4) is 0 Å². The Morgan fingerprint density at radius 2 is 1.85 bits per heavy atom. The molecule has 0 saturated heterocycles. The van der Waals surface area contributed by atoms with Crippen molar-refractivity contribution in [1.29, 1.82) is 0 Å². The van der Waals surface area contributed by atoms with Gasteiger partial charge in [-0.15, -0.1) is 0 Å². The fourth-order valence-electron chi connectivity index (χ4n) is 4.62. The summed E-state index contributed by atoms with van der Waals surface area (Å²) in [6, 6.07) is 15.6. The van der Waals surface area contributed by atoms with Gasteiger partial charge in [0.15, 0.2) is 14.9 Å². The minimum Gasteiger partial charge on any atom is -0.497 e. The van der Waals surface area contributed by atoms with Crippen molar-refractivity contribution >= 4 is 38.7 Å². The molecule has 0 aliphatic carbocycles. The number of nitrogens with one attached hydrogen (secondary N) is 1. The predicted molar refractivity (Wildman–Crippen MR) is 152 cm³/mol. The van der Waals surface area contributed by atoms with Crippen LogP contribution in [0.15, 0.2) is 72.0 Å². The number of amides is 2. The molecule has 0 fully saturated rings. The van der Waals surface area contributed by atoms with Crippen molar-refractivity contribution in [2.45, 2.75) is 11.4 Å². The van der Waals surface area contributed by atoms with E-state index in [-0.39, 0.29) is 34.9 Å². The van der Waals surface area contributed by atoms with Gasteiger partial charge in [-0.1, -0.05) is 0 Å². The highest BCUT2D eigenvalue weighted by Gasteiger charge is 2.36. The third kappa shape index (κ3) is 5.00. The van der Waals surface area contributed by atoms with Gasteiger partial charge in [0, 0.05) is 50.0 Å². The number of pyridine rings is 1. The molecule has 0 saturated carbocycles. The lowest BCUT2D eigenvalue weighted by molar-refractivity contribution is 0.0970. The van der Waals surface area contributed by atoms with Crippen LogP contribution in [0, 0.1) is 0 Å². The van der Waals surface area contributed by atoms with Crippen molar-refractivity contribution in [3.05, 3.63) is 83.8 Å². The molecule has 4 aromatic rings. The molecule has 12 heteroatoms. The van der Waals surface area contributed by atoms with Crippen LogP contribution >= 0.6 is 0 Å². The van der Waals surface area contributed by atoms with E-state index in [1.165, 1.54) is 24.1 Å². The monoisotopic (exact) mass is 560 g/mol. The Kier molecular flexibility index (Phi) is 7.03. The van der Waals surface area contributed by atoms with Crippen molar-refractivity contribution in [2.24, 2.45) is 0 Å². The summed E-state index contributed by atoms with van der Waals surface area (Å²) in [5.41, 5.74) is 2.87. The van der Waals surface area contributed by atoms with E-state index in [1.807, 2.05) is 43.3 Å². The van der Waals surface area contributed by atoms with Crippen molar-refractivity contribution < 1.29 is 22.7 Å². The molecule has 206 valence electrons. The van der Waals surface area contributed by atoms with Crippen LogP contribution in [-0.4, -0.2) is 69.0 Å². The predicted octanol–water partition coefficient (Wildman–Crippen LogP) is 3.20. The molecule has 1 aliphatic heterocycles. The van der Waals surface area contributed by atoms with E-state index in [2.05, 4.69) is 15.4 Å². The number of hydrogen-bond acceptors (Lipinski definition) is 8. The van der Waals surface area contributed by atoms with Crippen LogP contribution in [0.2, 0.25) is 0 Å². The Morgan fingerprint density at radius 1 is 1.10 bits per heavy atom. The Morgan fingerprint density at radius 3 is 2.48 bits per heavy atom. The van der Waals surface area contributed by atoms with Crippen molar-refractivity contribution in [1.82, 2.24) is 14.8 Å².